The summed E-state index contributed by atoms with van der Waals surface area (Å²) in [4.78, 5) is 36.2. The Bertz CT molecular complexity index is 1330. The number of hydrogen-bond donors (Lipinski definition) is 3. The predicted octanol–water partition coefficient (Wildman–Crippen LogP) is 3.79. The molecule has 3 N–H and O–H groups in total. The number of hydrazone groups is 1. The first-order chi connectivity index (χ1) is 18.3. The number of nitrogens with zero attached hydrogens (tertiary/aromatic N) is 1. The van der Waals surface area contributed by atoms with E-state index in [-0.39, 0.29) is 13.2 Å². The molecule has 0 saturated heterocycles. The van der Waals surface area contributed by atoms with Crippen molar-refractivity contribution in [1.82, 2.24) is 10.7 Å². The highest BCUT2D eigenvalue weighted by Gasteiger charge is 2.13. The molecule has 38 heavy (non-hydrogen) atoms. The number of halogens is 2. The van der Waals surface area contributed by atoms with Gasteiger partial charge in [-0.05, 0) is 59.7 Å². The average molecular weight is 559 g/mol. The predicted molar refractivity (Wildman–Crippen MR) is 144 cm³/mol. The van der Waals surface area contributed by atoms with E-state index in [4.69, 9.17) is 37.4 Å². The second kappa shape index (κ2) is 13.9. The highest BCUT2D eigenvalue weighted by Crippen LogP contribution is 2.28. The number of ether oxygens (including phenoxy) is 3. The van der Waals surface area contributed by atoms with Crippen LogP contribution in [0.3, 0.4) is 0 Å². The maximum Gasteiger partial charge on any atom is 0.329 e. The normalized spacial score (nSPS) is 10.5. The van der Waals surface area contributed by atoms with E-state index in [1.165, 1.54) is 19.4 Å². The van der Waals surface area contributed by atoms with E-state index in [0.717, 1.165) is 5.56 Å². The largest absolute Gasteiger partial charge is 0.497 e. The monoisotopic (exact) mass is 558 g/mol. The van der Waals surface area contributed by atoms with Crippen molar-refractivity contribution in [2.75, 3.05) is 26.1 Å². The van der Waals surface area contributed by atoms with Gasteiger partial charge in [-0.25, -0.2) is 5.43 Å². The van der Waals surface area contributed by atoms with Gasteiger partial charge in [-0.2, -0.15) is 5.10 Å². The van der Waals surface area contributed by atoms with Crippen LogP contribution in [0, 0.1) is 0 Å². The third-order valence-corrected chi connectivity index (χ3v) is 5.50. The van der Waals surface area contributed by atoms with Gasteiger partial charge in [0.05, 0.1) is 31.1 Å². The van der Waals surface area contributed by atoms with Crippen molar-refractivity contribution in [2.45, 2.75) is 6.54 Å². The van der Waals surface area contributed by atoms with Gasteiger partial charge in [0.15, 0.2) is 18.1 Å². The zero-order valence-electron chi connectivity index (χ0n) is 20.4. The molecule has 3 amide bonds. The first-order valence-electron chi connectivity index (χ1n) is 11.1. The van der Waals surface area contributed by atoms with Crippen LogP contribution in [0.25, 0.3) is 0 Å². The molecule has 12 heteroatoms. The van der Waals surface area contributed by atoms with E-state index in [9.17, 15) is 14.4 Å². The lowest BCUT2D eigenvalue weighted by atomic mass is 10.2. The third-order valence-electron chi connectivity index (χ3n) is 4.95. The molecule has 3 aromatic rings. The fourth-order valence-corrected chi connectivity index (χ4v) is 3.48. The standard InChI is InChI=1S/C26H24Cl2N4O6/c1-36-19-7-3-16(4-8-19)13-29-25(34)26(35)32-30-14-17-5-10-22(23(11-17)37-2)38-15-24(33)31-21-9-6-18(27)12-20(21)28/h3-12,14H,13,15H2,1-2H3,(H,29,34)(H,31,33)(H,32,35)/b30-14-. The van der Waals surface area contributed by atoms with Crippen molar-refractivity contribution in [3.05, 3.63) is 81.8 Å². The Kier molecular flexibility index (Phi) is 10.3. The number of carbonyl (C=O) groups is 3. The van der Waals surface area contributed by atoms with Crippen LogP contribution in [-0.2, 0) is 20.9 Å². The first-order valence-corrected chi connectivity index (χ1v) is 11.8. The van der Waals surface area contributed by atoms with E-state index in [2.05, 4.69) is 21.2 Å². The molecule has 198 valence electrons. The van der Waals surface area contributed by atoms with Crippen molar-refractivity contribution in [3.63, 3.8) is 0 Å². The Morgan fingerprint density at radius 2 is 1.66 bits per heavy atom. The molecule has 0 unspecified atom stereocenters. The minimum absolute atomic E-state index is 0.170. The van der Waals surface area contributed by atoms with Crippen molar-refractivity contribution in [3.8, 4) is 17.2 Å². The number of anilines is 1. The summed E-state index contributed by atoms with van der Waals surface area (Å²) < 4.78 is 15.9. The van der Waals surface area contributed by atoms with Crippen LogP contribution in [0.5, 0.6) is 17.2 Å². The van der Waals surface area contributed by atoms with E-state index in [1.54, 1.807) is 61.7 Å². The number of methoxy groups -OCH3 is 2. The molecule has 0 aromatic heterocycles. The molecule has 3 rings (SSSR count). The highest BCUT2D eigenvalue weighted by atomic mass is 35.5. The van der Waals surface area contributed by atoms with Gasteiger partial charge < -0.3 is 24.8 Å². The van der Waals surface area contributed by atoms with E-state index in [1.807, 2.05) is 0 Å². The van der Waals surface area contributed by atoms with Gasteiger partial charge >= 0.3 is 11.8 Å². The zero-order valence-corrected chi connectivity index (χ0v) is 21.9. The van der Waals surface area contributed by atoms with E-state index in [0.29, 0.717) is 38.5 Å². The summed E-state index contributed by atoms with van der Waals surface area (Å²) in [6, 6.07) is 16.5. The van der Waals surface area contributed by atoms with Crippen LogP contribution in [0.2, 0.25) is 10.0 Å². The minimum Gasteiger partial charge on any atom is -0.497 e. The molecule has 0 atom stereocenters. The Labute approximate surface area is 228 Å². The van der Waals surface area contributed by atoms with Crippen LogP contribution >= 0.6 is 23.2 Å². The van der Waals surface area contributed by atoms with Crippen LogP contribution in [0.4, 0.5) is 5.69 Å². The van der Waals surface area contributed by atoms with Crippen LogP contribution < -0.4 is 30.3 Å². The van der Waals surface area contributed by atoms with E-state index >= 15 is 0 Å². The minimum atomic E-state index is -0.923. The average Bonchev–Trinajstić information content (AvgIpc) is 2.92. The second-order valence-electron chi connectivity index (χ2n) is 7.60. The van der Waals surface area contributed by atoms with Gasteiger partial charge in [0.2, 0.25) is 0 Å². The molecule has 10 nitrogen and oxygen atoms in total. The third kappa shape index (κ3) is 8.39. The van der Waals surface area contributed by atoms with Crippen LogP contribution in [-0.4, -0.2) is 44.8 Å². The van der Waals surface area contributed by atoms with Gasteiger partial charge in [0.25, 0.3) is 5.91 Å². The summed E-state index contributed by atoms with van der Waals surface area (Å²) in [5, 5.41) is 9.68. The Morgan fingerprint density at radius 1 is 0.895 bits per heavy atom. The van der Waals surface area contributed by atoms with Crippen LogP contribution in [0.1, 0.15) is 11.1 Å². The highest BCUT2D eigenvalue weighted by molar-refractivity contribution is 6.36. The summed E-state index contributed by atoms with van der Waals surface area (Å²) in [5.41, 5.74) is 3.91. The van der Waals surface area contributed by atoms with Gasteiger partial charge in [-0.15, -0.1) is 0 Å². The first kappa shape index (κ1) is 28.3. The van der Waals surface area contributed by atoms with Crippen molar-refractivity contribution < 1.29 is 28.6 Å². The van der Waals surface area contributed by atoms with Gasteiger partial charge in [-0.1, -0.05) is 35.3 Å². The van der Waals surface area contributed by atoms with Crippen LogP contribution in [0.15, 0.2) is 65.8 Å². The lowest BCUT2D eigenvalue weighted by Crippen LogP contribution is -2.37. The molecule has 0 saturated carbocycles. The smallest absolute Gasteiger partial charge is 0.329 e. The maximum atomic E-state index is 12.2. The fourth-order valence-electron chi connectivity index (χ4n) is 3.03. The molecule has 0 spiro atoms. The summed E-state index contributed by atoms with van der Waals surface area (Å²) in [7, 11) is 2.99. The number of nitrogens with one attached hydrogen (secondary N) is 3. The molecule has 0 aliphatic heterocycles. The molecule has 0 bridgehead atoms. The summed E-state index contributed by atoms with van der Waals surface area (Å²) >= 11 is 11.9. The Balaban J connectivity index is 1.49. The van der Waals surface area contributed by atoms with Gasteiger partial charge in [0.1, 0.15) is 5.75 Å². The van der Waals surface area contributed by atoms with Crippen molar-refractivity contribution in [2.24, 2.45) is 5.10 Å². The molecule has 0 aliphatic carbocycles. The lowest BCUT2D eigenvalue weighted by molar-refractivity contribution is -0.139. The molecule has 3 aromatic carbocycles. The summed E-state index contributed by atoms with van der Waals surface area (Å²) in [6.07, 6.45) is 1.33. The number of carbonyl (C=O) groups excluding carboxylic acids is 3. The number of amides is 3. The Hall–Kier alpha value is -4.28. The zero-order chi connectivity index (χ0) is 27.5. The van der Waals surface area contributed by atoms with Crippen molar-refractivity contribution >= 4 is 52.8 Å². The number of hydrogen-bond acceptors (Lipinski definition) is 7. The van der Waals surface area contributed by atoms with E-state index < -0.39 is 17.7 Å². The molecule has 0 radical (unpaired) electrons. The second-order valence-corrected chi connectivity index (χ2v) is 8.44. The van der Waals surface area contributed by atoms with Gasteiger partial charge in [0, 0.05) is 11.6 Å². The summed E-state index contributed by atoms with van der Waals surface area (Å²) in [5.74, 6) is -0.868. The summed E-state index contributed by atoms with van der Waals surface area (Å²) in [6.45, 7) is -0.131. The number of benzene rings is 3. The molecular weight excluding hydrogens is 535 g/mol. The number of rotatable bonds is 10. The topological polar surface area (TPSA) is 127 Å². The molecular formula is C26H24Cl2N4O6. The lowest BCUT2D eigenvalue weighted by Gasteiger charge is -2.12. The quantitative estimate of drug-likeness (QED) is 0.197. The Morgan fingerprint density at radius 3 is 2.34 bits per heavy atom. The SMILES string of the molecule is COc1ccc(CNC(=O)C(=O)N/N=C\c2ccc(OCC(=O)Nc3ccc(Cl)cc3Cl)c(OC)c2)cc1. The maximum absolute atomic E-state index is 12.2. The molecule has 0 aliphatic rings. The molecule has 0 heterocycles. The van der Waals surface area contributed by atoms with Gasteiger partial charge in [-0.3, -0.25) is 14.4 Å². The molecule has 0 fully saturated rings. The van der Waals surface area contributed by atoms with Crippen molar-refractivity contribution in [1.29, 1.82) is 0 Å². The fraction of sp³-hybridized carbons (Fsp3) is 0.154.